The molecular formula is C21H32N4O2. The van der Waals surface area contributed by atoms with E-state index in [-0.39, 0.29) is 17.7 Å². The maximum absolute atomic E-state index is 12.3. The SMILES string of the molecule is CN(C)c1ccc(CNC(=O)CN2CCCC(C(=O)NCC3CC3)C2)cc1. The normalized spacial score (nSPS) is 20.1. The predicted molar refractivity (Wildman–Crippen MR) is 108 cm³/mol. The minimum Gasteiger partial charge on any atom is -0.378 e. The van der Waals surface area contributed by atoms with E-state index >= 15 is 0 Å². The average Bonchev–Trinajstić information content (AvgIpc) is 3.49. The second kappa shape index (κ2) is 9.22. The Kier molecular flexibility index (Phi) is 6.72. The molecule has 1 aliphatic heterocycles. The van der Waals surface area contributed by atoms with Crippen LogP contribution in [0, 0.1) is 11.8 Å². The van der Waals surface area contributed by atoms with Gasteiger partial charge in [0.2, 0.25) is 11.8 Å². The first kappa shape index (κ1) is 19.7. The number of piperidine rings is 1. The first-order valence-electron chi connectivity index (χ1n) is 10.0. The van der Waals surface area contributed by atoms with Gasteiger partial charge in [0.25, 0.3) is 0 Å². The van der Waals surface area contributed by atoms with Crippen LogP contribution < -0.4 is 15.5 Å². The van der Waals surface area contributed by atoms with Crippen molar-refractivity contribution < 1.29 is 9.59 Å². The van der Waals surface area contributed by atoms with E-state index in [0.717, 1.165) is 37.2 Å². The van der Waals surface area contributed by atoms with Crippen LogP contribution in [0.4, 0.5) is 5.69 Å². The molecule has 6 nitrogen and oxygen atoms in total. The molecule has 1 heterocycles. The zero-order chi connectivity index (χ0) is 19.2. The molecule has 148 valence electrons. The summed E-state index contributed by atoms with van der Waals surface area (Å²) in [4.78, 5) is 28.8. The summed E-state index contributed by atoms with van der Waals surface area (Å²) in [6.45, 7) is 3.29. The van der Waals surface area contributed by atoms with Crippen molar-refractivity contribution in [3.05, 3.63) is 29.8 Å². The van der Waals surface area contributed by atoms with E-state index in [1.165, 1.54) is 12.8 Å². The highest BCUT2D eigenvalue weighted by Gasteiger charge is 2.28. The summed E-state index contributed by atoms with van der Waals surface area (Å²) >= 11 is 0. The lowest BCUT2D eigenvalue weighted by molar-refractivity contribution is -0.129. The molecule has 1 saturated heterocycles. The van der Waals surface area contributed by atoms with Gasteiger partial charge in [0.1, 0.15) is 0 Å². The molecule has 1 aliphatic carbocycles. The zero-order valence-corrected chi connectivity index (χ0v) is 16.5. The molecule has 3 rings (SSSR count). The van der Waals surface area contributed by atoms with Crippen LogP contribution in [0.1, 0.15) is 31.2 Å². The Bertz CT molecular complexity index is 640. The van der Waals surface area contributed by atoms with Crippen LogP contribution in [-0.2, 0) is 16.1 Å². The fourth-order valence-corrected chi connectivity index (χ4v) is 3.50. The third kappa shape index (κ3) is 6.24. The Morgan fingerprint density at radius 3 is 2.52 bits per heavy atom. The van der Waals surface area contributed by atoms with E-state index in [1.54, 1.807) is 0 Å². The molecule has 6 heteroatoms. The van der Waals surface area contributed by atoms with Crippen molar-refractivity contribution in [2.24, 2.45) is 11.8 Å². The topological polar surface area (TPSA) is 64.7 Å². The van der Waals surface area contributed by atoms with Gasteiger partial charge in [-0.25, -0.2) is 0 Å². The summed E-state index contributed by atoms with van der Waals surface area (Å²) in [6, 6.07) is 8.18. The van der Waals surface area contributed by atoms with Crippen LogP contribution in [0.2, 0.25) is 0 Å². The minimum absolute atomic E-state index is 0.0175. The number of nitrogens with zero attached hydrogens (tertiary/aromatic N) is 2. The average molecular weight is 373 g/mol. The molecule has 2 amide bonds. The highest BCUT2D eigenvalue weighted by Crippen LogP contribution is 2.28. The molecule has 2 N–H and O–H groups in total. The Morgan fingerprint density at radius 2 is 1.85 bits per heavy atom. The van der Waals surface area contributed by atoms with Crippen molar-refractivity contribution in [2.45, 2.75) is 32.2 Å². The van der Waals surface area contributed by atoms with Crippen LogP contribution >= 0.6 is 0 Å². The maximum Gasteiger partial charge on any atom is 0.234 e. The maximum atomic E-state index is 12.3. The molecular weight excluding hydrogens is 340 g/mol. The van der Waals surface area contributed by atoms with E-state index in [0.29, 0.717) is 25.6 Å². The molecule has 1 unspecified atom stereocenters. The third-order valence-corrected chi connectivity index (χ3v) is 5.45. The molecule has 1 atom stereocenters. The van der Waals surface area contributed by atoms with Gasteiger partial charge in [0.15, 0.2) is 0 Å². The van der Waals surface area contributed by atoms with Gasteiger partial charge in [0.05, 0.1) is 12.5 Å². The van der Waals surface area contributed by atoms with Crippen molar-refractivity contribution in [1.29, 1.82) is 0 Å². The summed E-state index contributed by atoms with van der Waals surface area (Å²) in [5.41, 5.74) is 2.23. The quantitative estimate of drug-likeness (QED) is 0.728. The molecule has 0 bridgehead atoms. The number of amides is 2. The van der Waals surface area contributed by atoms with Crippen molar-refractivity contribution >= 4 is 17.5 Å². The number of rotatable bonds is 8. The summed E-state index contributed by atoms with van der Waals surface area (Å²) in [5, 5.41) is 6.07. The van der Waals surface area contributed by atoms with E-state index in [4.69, 9.17) is 0 Å². The molecule has 27 heavy (non-hydrogen) atoms. The predicted octanol–water partition coefficient (Wildman–Crippen LogP) is 1.61. The number of nitrogens with one attached hydrogen (secondary N) is 2. The number of hydrogen-bond donors (Lipinski definition) is 2. The van der Waals surface area contributed by atoms with Gasteiger partial charge < -0.3 is 15.5 Å². The van der Waals surface area contributed by atoms with Crippen LogP contribution in [0.3, 0.4) is 0 Å². The van der Waals surface area contributed by atoms with Gasteiger partial charge in [-0.1, -0.05) is 12.1 Å². The van der Waals surface area contributed by atoms with Gasteiger partial charge in [-0.15, -0.1) is 0 Å². The number of benzene rings is 1. The number of hydrogen-bond acceptors (Lipinski definition) is 4. The number of carbonyl (C=O) groups excluding carboxylic acids is 2. The third-order valence-electron chi connectivity index (χ3n) is 5.45. The zero-order valence-electron chi connectivity index (χ0n) is 16.5. The number of carbonyl (C=O) groups is 2. The van der Waals surface area contributed by atoms with Gasteiger partial charge in [0, 0.05) is 39.4 Å². The number of likely N-dealkylation sites (tertiary alicyclic amines) is 1. The monoisotopic (exact) mass is 372 g/mol. The molecule has 1 saturated carbocycles. The largest absolute Gasteiger partial charge is 0.378 e. The summed E-state index contributed by atoms with van der Waals surface area (Å²) < 4.78 is 0. The Morgan fingerprint density at radius 1 is 1.11 bits per heavy atom. The molecule has 0 aromatic heterocycles. The van der Waals surface area contributed by atoms with E-state index in [9.17, 15) is 9.59 Å². The summed E-state index contributed by atoms with van der Waals surface area (Å²) in [5.74, 6) is 0.897. The first-order chi connectivity index (χ1) is 13.0. The van der Waals surface area contributed by atoms with E-state index in [1.807, 2.05) is 26.2 Å². The van der Waals surface area contributed by atoms with E-state index in [2.05, 4.69) is 32.6 Å². The molecule has 2 fully saturated rings. The fourth-order valence-electron chi connectivity index (χ4n) is 3.50. The van der Waals surface area contributed by atoms with Crippen LogP contribution in [0.15, 0.2) is 24.3 Å². The molecule has 1 aromatic carbocycles. The Hall–Kier alpha value is -2.08. The second-order valence-corrected chi connectivity index (χ2v) is 8.10. The Labute approximate surface area is 162 Å². The van der Waals surface area contributed by atoms with Crippen molar-refractivity contribution in [3.63, 3.8) is 0 Å². The molecule has 2 aliphatic rings. The van der Waals surface area contributed by atoms with Gasteiger partial charge >= 0.3 is 0 Å². The van der Waals surface area contributed by atoms with Gasteiger partial charge in [-0.3, -0.25) is 14.5 Å². The van der Waals surface area contributed by atoms with Crippen molar-refractivity contribution in [3.8, 4) is 0 Å². The highest BCUT2D eigenvalue weighted by atomic mass is 16.2. The molecule has 0 radical (unpaired) electrons. The fraction of sp³-hybridized carbons (Fsp3) is 0.619. The second-order valence-electron chi connectivity index (χ2n) is 8.10. The molecule has 0 spiro atoms. The smallest absolute Gasteiger partial charge is 0.234 e. The number of anilines is 1. The molecule has 1 aromatic rings. The van der Waals surface area contributed by atoms with Gasteiger partial charge in [-0.05, 0) is 55.8 Å². The van der Waals surface area contributed by atoms with E-state index < -0.39 is 0 Å². The Balaban J connectivity index is 1.39. The van der Waals surface area contributed by atoms with Crippen LogP contribution in [-0.4, -0.2) is 57.0 Å². The van der Waals surface area contributed by atoms with Gasteiger partial charge in [-0.2, -0.15) is 0 Å². The van der Waals surface area contributed by atoms with Crippen molar-refractivity contribution in [1.82, 2.24) is 15.5 Å². The van der Waals surface area contributed by atoms with Crippen LogP contribution in [0.25, 0.3) is 0 Å². The standard InChI is InChI=1S/C21H32N4O2/c1-24(2)19-9-7-17(8-10-19)12-22-20(26)15-25-11-3-4-18(14-25)21(27)23-13-16-5-6-16/h7-10,16,18H,3-6,11-15H2,1-2H3,(H,22,26)(H,23,27). The lowest BCUT2D eigenvalue weighted by Crippen LogP contribution is -2.46. The van der Waals surface area contributed by atoms with Crippen LogP contribution in [0.5, 0.6) is 0 Å². The lowest BCUT2D eigenvalue weighted by atomic mass is 9.97. The first-order valence-corrected chi connectivity index (χ1v) is 10.0. The van der Waals surface area contributed by atoms with Crippen molar-refractivity contribution in [2.75, 3.05) is 45.2 Å². The summed E-state index contributed by atoms with van der Waals surface area (Å²) in [6.07, 6.45) is 4.39. The minimum atomic E-state index is 0.0175. The highest BCUT2D eigenvalue weighted by molar-refractivity contribution is 5.80. The lowest BCUT2D eigenvalue weighted by Gasteiger charge is -2.31. The summed E-state index contributed by atoms with van der Waals surface area (Å²) in [7, 11) is 4.02.